The van der Waals surface area contributed by atoms with Crippen LogP contribution in [0.15, 0.2) is 54.6 Å². The van der Waals surface area contributed by atoms with Crippen molar-refractivity contribution < 1.29 is 19.4 Å². The van der Waals surface area contributed by atoms with Crippen LogP contribution in [0, 0.1) is 5.82 Å². The largest absolute Gasteiger partial charge is 0.392 e. The number of anilines is 5. The van der Waals surface area contributed by atoms with Crippen molar-refractivity contribution in [1.82, 2.24) is 15.0 Å². The van der Waals surface area contributed by atoms with Crippen LogP contribution in [0.2, 0.25) is 0 Å². The van der Waals surface area contributed by atoms with Crippen LogP contribution in [-0.2, 0) is 13.0 Å². The number of carbonyl (C=O) groups excluding carboxylic acids is 1. The Balaban J connectivity index is 1.16. The van der Waals surface area contributed by atoms with Gasteiger partial charge in [0, 0.05) is 42.1 Å². The molecule has 1 aliphatic carbocycles. The number of aliphatic hydroxyl groups excluding tert-OH is 2. The van der Waals surface area contributed by atoms with Gasteiger partial charge in [0.05, 0.1) is 24.0 Å². The van der Waals surface area contributed by atoms with Crippen LogP contribution >= 0.6 is 0 Å². The highest BCUT2D eigenvalue weighted by Gasteiger charge is 2.33. The van der Waals surface area contributed by atoms with Crippen molar-refractivity contribution in [3.8, 4) is 11.4 Å². The van der Waals surface area contributed by atoms with Crippen LogP contribution in [0.5, 0.6) is 0 Å². The maximum atomic E-state index is 15.2. The van der Waals surface area contributed by atoms with Crippen LogP contribution in [-0.4, -0.2) is 56.8 Å². The molecule has 3 aliphatic rings. The lowest BCUT2D eigenvalue weighted by Gasteiger charge is -2.32. The summed E-state index contributed by atoms with van der Waals surface area (Å²) in [5, 5.41) is 23.7. The van der Waals surface area contributed by atoms with Gasteiger partial charge in [-0.15, -0.1) is 0 Å². The molecule has 10 nitrogen and oxygen atoms in total. The highest BCUT2D eigenvalue weighted by molar-refractivity contribution is 6.09. The molecular weight excluding hydrogens is 561 g/mol. The van der Waals surface area contributed by atoms with Gasteiger partial charge in [-0.1, -0.05) is 18.2 Å². The molecule has 3 aromatic carbocycles. The minimum absolute atomic E-state index is 0.0118. The number of rotatable bonds is 7. The van der Waals surface area contributed by atoms with Gasteiger partial charge < -0.3 is 31.1 Å². The number of amides is 1. The first kappa shape index (κ1) is 28.2. The fourth-order valence-corrected chi connectivity index (χ4v) is 6.32. The Morgan fingerprint density at radius 3 is 2.59 bits per heavy atom. The first-order valence-electron chi connectivity index (χ1n) is 15.1. The average Bonchev–Trinajstić information content (AvgIpc) is 3.87. The first-order chi connectivity index (χ1) is 21.4. The number of aromatic nitrogens is 3. The van der Waals surface area contributed by atoms with E-state index < -0.39 is 18.3 Å². The summed E-state index contributed by atoms with van der Waals surface area (Å²) < 4.78 is 15.2. The summed E-state index contributed by atoms with van der Waals surface area (Å²) >= 11 is 0. The van der Waals surface area contributed by atoms with E-state index >= 15 is 4.39 Å². The quantitative estimate of drug-likeness (QED) is 0.242. The molecule has 1 amide bonds. The third-order valence-corrected chi connectivity index (χ3v) is 8.69. The number of β-amino-alcohol motifs (C(OH)–C–C–N with tert-alkyl or cyclic N) is 1. The predicted molar refractivity (Wildman–Crippen MR) is 167 cm³/mol. The van der Waals surface area contributed by atoms with Crippen molar-refractivity contribution in [2.45, 2.75) is 50.7 Å². The predicted octanol–water partition coefficient (Wildman–Crippen LogP) is 4.54. The van der Waals surface area contributed by atoms with Gasteiger partial charge >= 0.3 is 0 Å². The molecule has 0 spiro atoms. The number of hydrogen-bond acceptors (Lipinski definition) is 9. The summed E-state index contributed by atoms with van der Waals surface area (Å²) in [6, 6.07) is 16.5. The topological polar surface area (TPSA) is 141 Å². The summed E-state index contributed by atoms with van der Waals surface area (Å²) in [5.41, 5.74) is 11.0. The van der Waals surface area contributed by atoms with Crippen molar-refractivity contribution in [2.75, 3.05) is 40.5 Å². The smallest absolute Gasteiger partial charge is 0.261 e. The van der Waals surface area contributed by atoms with Gasteiger partial charge in [-0.2, -0.15) is 15.0 Å². The summed E-state index contributed by atoms with van der Waals surface area (Å²) in [5.74, 6) is -0.0976. The lowest BCUT2D eigenvalue weighted by molar-refractivity contribution is 0.0976. The number of carbonyl (C=O) groups is 1. The molecule has 1 unspecified atom stereocenters. The Labute approximate surface area is 254 Å². The summed E-state index contributed by atoms with van der Waals surface area (Å²) in [6.45, 7) is 1.47. The molecule has 7 rings (SSSR count). The molecule has 1 aromatic heterocycles. The number of nitrogen functional groups attached to an aromatic ring is 1. The first-order valence-corrected chi connectivity index (χ1v) is 15.1. The molecule has 44 heavy (non-hydrogen) atoms. The summed E-state index contributed by atoms with van der Waals surface area (Å²) in [6.07, 6.45) is 4.07. The Kier molecular flexibility index (Phi) is 7.35. The van der Waals surface area contributed by atoms with E-state index in [-0.39, 0.29) is 29.4 Å². The zero-order valence-corrected chi connectivity index (χ0v) is 24.2. The Hall–Kier alpha value is -4.61. The van der Waals surface area contributed by atoms with E-state index in [9.17, 15) is 15.0 Å². The summed E-state index contributed by atoms with van der Waals surface area (Å²) in [4.78, 5) is 30.5. The van der Waals surface area contributed by atoms with E-state index in [1.54, 1.807) is 18.2 Å². The molecule has 0 bridgehead atoms. The van der Waals surface area contributed by atoms with Gasteiger partial charge in [0.25, 0.3) is 5.91 Å². The fraction of sp³-hybridized carbons (Fsp3) is 0.333. The Morgan fingerprint density at radius 2 is 1.84 bits per heavy atom. The van der Waals surface area contributed by atoms with Crippen LogP contribution in [0.3, 0.4) is 0 Å². The number of benzene rings is 3. The summed E-state index contributed by atoms with van der Waals surface area (Å²) in [7, 11) is 0. The molecule has 3 heterocycles. The molecule has 226 valence electrons. The Morgan fingerprint density at radius 1 is 1.02 bits per heavy atom. The Bertz CT molecular complexity index is 1730. The van der Waals surface area contributed by atoms with Gasteiger partial charge in [0.1, 0.15) is 5.82 Å². The zero-order chi connectivity index (χ0) is 30.4. The number of fused-ring (bicyclic) bond motifs is 1. The average molecular weight is 596 g/mol. The highest BCUT2D eigenvalue weighted by Crippen LogP contribution is 2.42. The number of aliphatic hydroxyl groups is 2. The second kappa shape index (κ2) is 11.5. The third-order valence-electron chi connectivity index (χ3n) is 8.69. The van der Waals surface area contributed by atoms with E-state index in [1.165, 1.54) is 11.0 Å². The van der Waals surface area contributed by atoms with Gasteiger partial charge in [0.15, 0.2) is 5.82 Å². The van der Waals surface area contributed by atoms with Crippen molar-refractivity contribution in [3.63, 3.8) is 0 Å². The number of halogens is 1. The van der Waals surface area contributed by atoms with Gasteiger partial charge in [-0.25, -0.2) is 4.39 Å². The van der Waals surface area contributed by atoms with Crippen LogP contribution in [0.4, 0.5) is 33.3 Å². The number of nitrogens with two attached hydrogens (primary N) is 1. The normalized spacial score (nSPS) is 18.3. The minimum atomic E-state index is -0.497. The monoisotopic (exact) mass is 595 g/mol. The van der Waals surface area contributed by atoms with Gasteiger partial charge in [-0.3, -0.25) is 4.79 Å². The van der Waals surface area contributed by atoms with Crippen molar-refractivity contribution in [2.24, 2.45) is 0 Å². The molecule has 5 N–H and O–H groups in total. The van der Waals surface area contributed by atoms with Crippen molar-refractivity contribution >= 4 is 34.9 Å². The maximum Gasteiger partial charge on any atom is 0.261 e. The fourth-order valence-electron chi connectivity index (χ4n) is 6.32. The molecule has 0 radical (unpaired) electrons. The van der Waals surface area contributed by atoms with E-state index in [0.717, 1.165) is 54.7 Å². The van der Waals surface area contributed by atoms with Crippen LogP contribution in [0.1, 0.15) is 58.6 Å². The zero-order valence-electron chi connectivity index (χ0n) is 24.2. The SMILES string of the molecule is Nc1nc(Nc2ccc(N3CCCC(O)C3)cc2)nc(-c2cccc(N3CCc4cc(C5CC5)cc(F)c4C3=O)c2CO)n1. The van der Waals surface area contributed by atoms with Crippen molar-refractivity contribution in [1.29, 1.82) is 0 Å². The van der Waals surface area contributed by atoms with Gasteiger partial charge in [-0.05, 0) is 85.5 Å². The molecule has 2 fully saturated rings. The molecule has 1 atom stereocenters. The van der Waals surface area contributed by atoms with E-state index in [4.69, 9.17) is 5.73 Å². The molecular formula is C33H34FN7O3. The number of hydrogen-bond donors (Lipinski definition) is 4. The number of piperidine rings is 1. The van der Waals surface area contributed by atoms with E-state index in [1.807, 2.05) is 30.3 Å². The lowest BCUT2D eigenvalue weighted by atomic mass is 9.93. The van der Waals surface area contributed by atoms with Crippen LogP contribution in [0.25, 0.3) is 11.4 Å². The molecule has 4 aromatic rings. The highest BCUT2D eigenvalue weighted by atomic mass is 19.1. The van der Waals surface area contributed by atoms with Crippen LogP contribution < -0.4 is 20.9 Å². The second-order valence-electron chi connectivity index (χ2n) is 11.7. The maximum absolute atomic E-state index is 15.2. The van der Waals surface area contributed by atoms with Gasteiger partial charge in [0.2, 0.25) is 11.9 Å². The van der Waals surface area contributed by atoms with E-state index in [0.29, 0.717) is 42.2 Å². The van der Waals surface area contributed by atoms with E-state index in [2.05, 4.69) is 25.2 Å². The molecule has 11 heteroatoms. The third kappa shape index (κ3) is 5.44. The second-order valence-corrected chi connectivity index (χ2v) is 11.7. The van der Waals surface area contributed by atoms with Crippen molar-refractivity contribution in [3.05, 3.63) is 82.7 Å². The minimum Gasteiger partial charge on any atom is -0.392 e. The molecule has 2 aliphatic heterocycles. The number of nitrogens with zero attached hydrogens (tertiary/aromatic N) is 5. The standard InChI is InChI=1S/C33H34FN7O3/c34-27-16-21(19-6-7-19)15-20-12-14-41(31(44)29(20)27)28-5-1-4-25(26(28)18-42)30-37-32(35)39-33(38-30)36-22-8-10-23(11-9-22)40-13-2-3-24(43)17-40/h1,4-5,8-11,15-16,19,24,42-43H,2-3,6-7,12-14,17-18H2,(H3,35,36,37,38,39). The molecule has 1 saturated carbocycles. The molecule has 1 saturated heterocycles. The lowest BCUT2D eigenvalue weighted by Crippen LogP contribution is -2.39. The number of nitrogens with one attached hydrogen (secondary N) is 1.